The number of nitrogens with zero attached hydrogens (tertiary/aromatic N) is 4. The molecule has 0 radical (unpaired) electrons. The zero-order valence-electron chi connectivity index (χ0n) is 11.0. The molecule has 5 nitrogen and oxygen atoms in total. The summed E-state index contributed by atoms with van der Waals surface area (Å²) in [7, 11) is 1.79. The SMILES string of the molecule is CCCCC(O)c1ccc(Br)cc1-c1nnnn1C. The number of aliphatic hydroxyl groups is 1. The third kappa shape index (κ3) is 3.19. The topological polar surface area (TPSA) is 63.8 Å². The van der Waals surface area contributed by atoms with Crippen molar-refractivity contribution < 1.29 is 5.11 Å². The third-order valence-electron chi connectivity index (χ3n) is 3.07. The van der Waals surface area contributed by atoms with E-state index in [1.807, 2.05) is 18.2 Å². The van der Waals surface area contributed by atoms with Gasteiger partial charge in [0.25, 0.3) is 0 Å². The highest BCUT2D eigenvalue weighted by molar-refractivity contribution is 9.10. The van der Waals surface area contributed by atoms with Crippen LogP contribution in [0.3, 0.4) is 0 Å². The van der Waals surface area contributed by atoms with E-state index in [1.165, 1.54) is 0 Å². The first-order valence-corrected chi connectivity index (χ1v) is 7.13. The molecule has 6 heteroatoms. The fraction of sp³-hybridized carbons (Fsp3) is 0.462. The van der Waals surface area contributed by atoms with Crippen LogP contribution in [0.5, 0.6) is 0 Å². The van der Waals surface area contributed by atoms with E-state index in [2.05, 4.69) is 38.4 Å². The van der Waals surface area contributed by atoms with Crippen molar-refractivity contribution in [2.75, 3.05) is 0 Å². The maximum Gasteiger partial charge on any atom is 0.182 e. The second kappa shape index (κ2) is 6.25. The van der Waals surface area contributed by atoms with Crippen LogP contribution in [-0.2, 0) is 7.05 Å². The van der Waals surface area contributed by atoms with Gasteiger partial charge in [-0.05, 0) is 34.5 Å². The summed E-state index contributed by atoms with van der Waals surface area (Å²) in [6, 6.07) is 5.79. The number of benzene rings is 1. The van der Waals surface area contributed by atoms with Gasteiger partial charge in [-0.15, -0.1) is 5.10 Å². The van der Waals surface area contributed by atoms with Crippen molar-refractivity contribution in [2.45, 2.75) is 32.3 Å². The molecule has 0 aliphatic heterocycles. The standard InChI is InChI=1S/C13H17BrN4O/c1-3-4-5-12(19)10-7-6-9(14)8-11(10)13-15-16-17-18(13)2/h6-8,12,19H,3-5H2,1-2H3. The summed E-state index contributed by atoms with van der Waals surface area (Å²) >= 11 is 3.45. The van der Waals surface area contributed by atoms with Gasteiger partial charge in [0.15, 0.2) is 5.82 Å². The lowest BCUT2D eigenvalue weighted by atomic mass is 9.98. The Kier molecular flexibility index (Phi) is 4.66. The minimum Gasteiger partial charge on any atom is -0.388 e. The third-order valence-corrected chi connectivity index (χ3v) is 3.56. The Hall–Kier alpha value is -1.27. The van der Waals surface area contributed by atoms with E-state index >= 15 is 0 Å². The first kappa shape index (κ1) is 14.1. The highest BCUT2D eigenvalue weighted by atomic mass is 79.9. The molecule has 1 unspecified atom stereocenters. The van der Waals surface area contributed by atoms with Crippen LogP contribution >= 0.6 is 15.9 Å². The van der Waals surface area contributed by atoms with Gasteiger partial charge in [0, 0.05) is 17.1 Å². The van der Waals surface area contributed by atoms with Crippen molar-refractivity contribution in [1.82, 2.24) is 20.2 Å². The molecule has 0 bridgehead atoms. The molecule has 0 fully saturated rings. The second-order valence-corrected chi connectivity index (χ2v) is 5.43. The normalized spacial score (nSPS) is 12.6. The van der Waals surface area contributed by atoms with Crippen LogP contribution in [0, 0.1) is 0 Å². The maximum absolute atomic E-state index is 10.3. The lowest BCUT2D eigenvalue weighted by Crippen LogP contribution is -2.03. The largest absolute Gasteiger partial charge is 0.388 e. The number of rotatable bonds is 5. The lowest BCUT2D eigenvalue weighted by Gasteiger charge is -2.15. The molecule has 102 valence electrons. The quantitative estimate of drug-likeness (QED) is 0.918. The minimum atomic E-state index is -0.486. The van der Waals surface area contributed by atoms with Crippen LogP contribution in [0.1, 0.15) is 37.9 Å². The summed E-state index contributed by atoms with van der Waals surface area (Å²) in [4.78, 5) is 0. The zero-order chi connectivity index (χ0) is 13.8. The Bertz CT molecular complexity index is 555. The molecule has 0 aliphatic rings. The summed E-state index contributed by atoms with van der Waals surface area (Å²) in [5.41, 5.74) is 1.74. The minimum absolute atomic E-state index is 0.486. The van der Waals surface area contributed by atoms with Crippen molar-refractivity contribution in [3.8, 4) is 11.4 Å². The molecule has 0 saturated heterocycles. The Morgan fingerprint density at radius 3 is 2.84 bits per heavy atom. The van der Waals surface area contributed by atoms with Crippen LogP contribution < -0.4 is 0 Å². The number of tetrazole rings is 1. The van der Waals surface area contributed by atoms with E-state index in [1.54, 1.807) is 11.7 Å². The average Bonchev–Trinajstić information content (AvgIpc) is 2.82. The first-order valence-electron chi connectivity index (χ1n) is 6.33. The Morgan fingerprint density at radius 2 is 2.21 bits per heavy atom. The Labute approximate surface area is 120 Å². The number of hydrogen-bond donors (Lipinski definition) is 1. The molecule has 2 aromatic rings. The van der Waals surface area contributed by atoms with Crippen molar-refractivity contribution in [2.24, 2.45) is 7.05 Å². The van der Waals surface area contributed by atoms with Gasteiger partial charge in [0.2, 0.25) is 0 Å². The molecule has 19 heavy (non-hydrogen) atoms. The van der Waals surface area contributed by atoms with E-state index in [0.29, 0.717) is 5.82 Å². The van der Waals surface area contributed by atoms with Crippen molar-refractivity contribution >= 4 is 15.9 Å². The summed E-state index contributed by atoms with van der Waals surface area (Å²) in [6.45, 7) is 2.11. The van der Waals surface area contributed by atoms with Crippen molar-refractivity contribution in [3.05, 3.63) is 28.2 Å². The van der Waals surface area contributed by atoms with Gasteiger partial charge in [0.1, 0.15) is 0 Å². The molecular formula is C13H17BrN4O. The molecule has 1 aromatic carbocycles. The fourth-order valence-corrected chi connectivity index (χ4v) is 2.38. The van der Waals surface area contributed by atoms with E-state index in [0.717, 1.165) is 34.9 Å². The highest BCUT2D eigenvalue weighted by Crippen LogP contribution is 2.31. The molecule has 2 rings (SSSR count). The molecule has 0 spiro atoms. The summed E-state index contributed by atoms with van der Waals surface area (Å²) in [6.07, 6.45) is 2.32. The number of aromatic nitrogens is 4. The second-order valence-electron chi connectivity index (χ2n) is 4.52. The smallest absolute Gasteiger partial charge is 0.182 e. The van der Waals surface area contributed by atoms with Crippen LogP contribution in [0.4, 0.5) is 0 Å². The maximum atomic E-state index is 10.3. The number of aliphatic hydroxyl groups excluding tert-OH is 1. The molecule has 0 aliphatic carbocycles. The number of aryl methyl sites for hydroxylation is 1. The van der Waals surface area contributed by atoms with E-state index in [-0.39, 0.29) is 0 Å². The zero-order valence-corrected chi connectivity index (χ0v) is 12.6. The van der Waals surface area contributed by atoms with Crippen LogP contribution in [0.2, 0.25) is 0 Å². The average molecular weight is 325 g/mol. The van der Waals surface area contributed by atoms with Gasteiger partial charge in [-0.3, -0.25) is 0 Å². The van der Waals surface area contributed by atoms with Crippen LogP contribution in [0.25, 0.3) is 11.4 Å². The summed E-state index contributed by atoms with van der Waals surface area (Å²) in [5, 5.41) is 21.8. The first-order chi connectivity index (χ1) is 9.13. The van der Waals surface area contributed by atoms with E-state index < -0.39 is 6.10 Å². The Morgan fingerprint density at radius 1 is 1.42 bits per heavy atom. The van der Waals surface area contributed by atoms with Gasteiger partial charge in [-0.1, -0.05) is 41.8 Å². The van der Waals surface area contributed by atoms with Gasteiger partial charge in [-0.25, -0.2) is 4.68 Å². The fourth-order valence-electron chi connectivity index (χ4n) is 2.02. The molecule has 1 heterocycles. The molecule has 0 amide bonds. The molecule has 1 aromatic heterocycles. The van der Waals surface area contributed by atoms with Crippen LogP contribution in [0.15, 0.2) is 22.7 Å². The lowest BCUT2D eigenvalue weighted by molar-refractivity contribution is 0.164. The number of halogens is 1. The van der Waals surface area contributed by atoms with E-state index in [9.17, 15) is 5.11 Å². The number of unbranched alkanes of at least 4 members (excludes halogenated alkanes) is 1. The van der Waals surface area contributed by atoms with Gasteiger partial charge < -0.3 is 5.11 Å². The molecular weight excluding hydrogens is 308 g/mol. The monoisotopic (exact) mass is 324 g/mol. The van der Waals surface area contributed by atoms with Crippen molar-refractivity contribution in [3.63, 3.8) is 0 Å². The Balaban J connectivity index is 2.41. The van der Waals surface area contributed by atoms with Crippen LogP contribution in [-0.4, -0.2) is 25.3 Å². The molecule has 1 atom stereocenters. The van der Waals surface area contributed by atoms with Gasteiger partial charge in [-0.2, -0.15) is 0 Å². The predicted molar refractivity (Wildman–Crippen MR) is 76.4 cm³/mol. The summed E-state index contributed by atoms with van der Waals surface area (Å²) in [5.74, 6) is 0.659. The molecule has 1 N–H and O–H groups in total. The van der Waals surface area contributed by atoms with Gasteiger partial charge >= 0.3 is 0 Å². The van der Waals surface area contributed by atoms with E-state index in [4.69, 9.17) is 0 Å². The highest BCUT2D eigenvalue weighted by Gasteiger charge is 2.17. The summed E-state index contributed by atoms with van der Waals surface area (Å²) < 4.78 is 2.55. The number of hydrogen-bond acceptors (Lipinski definition) is 4. The van der Waals surface area contributed by atoms with Crippen molar-refractivity contribution in [1.29, 1.82) is 0 Å². The van der Waals surface area contributed by atoms with Gasteiger partial charge in [0.05, 0.1) is 6.10 Å². The predicted octanol–water partition coefficient (Wildman–Crippen LogP) is 2.86. The molecule has 0 saturated carbocycles.